The highest BCUT2D eigenvalue weighted by molar-refractivity contribution is 6.03. The molecular formula is C27H25N3O5. The fourth-order valence-corrected chi connectivity index (χ4v) is 4.21. The molecule has 0 radical (unpaired) electrons. The highest BCUT2D eigenvalue weighted by Crippen LogP contribution is 2.37. The van der Waals surface area contributed by atoms with Gasteiger partial charge in [0.2, 0.25) is 5.69 Å². The number of aromatic amines is 1. The lowest BCUT2D eigenvalue weighted by atomic mass is 9.93. The number of anilines is 1. The number of aryl methyl sites for hydroxylation is 3. The molecular weight excluding hydrogens is 446 g/mol. The molecule has 1 aromatic heterocycles. The topological polar surface area (TPSA) is 118 Å². The molecule has 0 aliphatic rings. The highest BCUT2D eigenvalue weighted by atomic mass is 16.5. The number of methoxy groups -OCH3 is 1. The van der Waals surface area contributed by atoms with Gasteiger partial charge < -0.3 is 20.4 Å². The Bertz CT molecular complexity index is 1440. The van der Waals surface area contributed by atoms with Crippen LogP contribution in [0.3, 0.4) is 0 Å². The van der Waals surface area contributed by atoms with Gasteiger partial charge in [0.25, 0.3) is 11.7 Å². The summed E-state index contributed by atoms with van der Waals surface area (Å²) in [6, 6.07) is 17.3. The van der Waals surface area contributed by atoms with E-state index in [1.54, 1.807) is 32.2 Å². The Morgan fingerprint density at radius 1 is 1.00 bits per heavy atom. The fourth-order valence-electron chi connectivity index (χ4n) is 4.21. The lowest BCUT2D eigenvalue weighted by Crippen LogP contribution is -2.36. The van der Waals surface area contributed by atoms with Gasteiger partial charge in [-0.1, -0.05) is 24.3 Å². The van der Waals surface area contributed by atoms with Gasteiger partial charge in [0.1, 0.15) is 5.75 Å². The lowest BCUT2D eigenvalue weighted by molar-refractivity contribution is -0.594. The molecule has 4 aromatic rings. The number of rotatable bonds is 6. The molecule has 1 amide bonds. The molecule has 0 saturated carbocycles. The summed E-state index contributed by atoms with van der Waals surface area (Å²) in [6.45, 7) is 5.67. The minimum absolute atomic E-state index is 0.0292. The van der Waals surface area contributed by atoms with Crippen LogP contribution >= 0.6 is 0 Å². The van der Waals surface area contributed by atoms with Gasteiger partial charge in [-0.15, -0.1) is 0 Å². The molecule has 0 spiro atoms. The number of carboxylic acids is 1. The number of carboxylic acid groups (broad SMARTS) is 1. The number of hydrogen-bond acceptors (Lipinski definition) is 4. The van der Waals surface area contributed by atoms with Crippen molar-refractivity contribution in [2.45, 2.75) is 20.8 Å². The average molecular weight is 472 g/mol. The van der Waals surface area contributed by atoms with Crippen LogP contribution in [0.2, 0.25) is 0 Å². The van der Waals surface area contributed by atoms with Gasteiger partial charge in [0.05, 0.1) is 18.2 Å². The van der Waals surface area contributed by atoms with Crippen molar-refractivity contribution in [2.24, 2.45) is 0 Å². The average Bonchev–Trinajstić information content (AvgIpc) is 3.12. The molecule has 0 unspecified atom stereocenters. The fraction of sp³-hybridized carbons (Fsp3) is 0.148. The van der Waals surface area contributed by atoms with Crippen molar-refractivity contribution in [3.8, 4) is 28.3 Å². The normalized spacial score (nSPS) is 10.7. The number of carbonyl (C=O) groups excluding carboxylic acids is 1. The van der Waals surface area contributed by atoms with Crippen molar-refractivity contribution in [1.82, 2.24) is 4.98 Å². The van der Waals surface area contributed by atoms with E-state index in [2.05, 4.69) is 10.3 Å². The second kappa shape index (κ2) is 9.34. The van der Waals surface area contributed by atoms with Crippen LogP contribution in [0, 0.1) is 26.0 Å². The monoisotopic (exact) mass is 471 g/mol. The molecule has 4 rings (SSSR count). The Hall–Kier alpha value is -4.59. The zero-order valence-electron chi connectivity index (χ0n) is 19.8. The van der Waals surface area contributed by atoms with E-state index in [4.69, 9.17) is 4.74 Å². The lowest BCUT2D eigenvalue weighted by Gasteiger charge is -2.15. The van der Waals surface area contributed by atoms with Crippen molar-refractivity contribution in [2.75, 3.05) is 12.4 Å². The first-order chi connectivity index (χ1) is 16.7. The van der Waals surface area contributed by atoms with Gasteiger partial charge in [0, 0.05) is 18.2 Å². The molecule has 178 valence electrons. The molecule has 35 heavy (non-hydrogen) atoms. The van der Waals surface area contributed by atoms with Gasteiger partial charge in [-0.05, 0) is 66.9 Å². The number of H-pyrrole nitrogens is 1. The van der Waals surface area contributed by atoms with E-state index < -0.39 is 11.9 Å². The van der Waals surface area contributed by atoms with Gasteiger partial charge >= 0.3 is 5.97 Å². The van der Waals surface area contributed by atoms with Crippen LogP contribution in [0.1, 0.15) is 37.7 Å². The first kappa shape index (κ1) is 23.6. The molecule has 1 heterocycles. The van der Waals surface area contributed by atoms with Gasteiger partial charge in [-0.3, -0.25) is 4.79 Å². The van der Waals surface area contributed by atoms with Crippen LogP contribution in [-0.4, -0.2) is 29.1 Å². The molecule has 3 aromatic carbocycles. The smallest absolute Gasteiger partial charge is 0.335 e. The summed E-state index contributed by atoms with van der Waals surface area (Å²) < 4.78 is 6.15. The molecule has 0 bridgehead atoms. The summed E-state index contributed by atoms with van der Waals surface area (Å²) in [7, 11) is 1.60. The van der Waals surface area contributed by atoms with E-state index >= 15 is 0 Å². The van der Waals surface area contributed by atoms with Crippen LogP contribution < -0.4 is 14.8 Å². The molecule has 0 aliphatic carbocycles. The van der Waals surface area contributed by atoms with Crippen LogP contribution in [0.25, 0.3) is 22.5 Å². The highest BCUT2D eigenvalue weighted by Gasteiger charge is 2.26. The van der Waals surface area contributed by atoms with E-state index in [0.29, 0.717) is 21.7 Å². The summed E-state index contributed by atoms with van der Waals surface area (Å²) in [5, 5.41) is 25.0. The number of aromatic carboxylic acids is 1. The van der Waals surface area contributed by atoms with Crippen LogP contribution in [-0.2, 0) is 0 Å². The maximum atomic E-state index is 13.2. The maximum Gasteiger partial charge on any atom is 0.335 e. The molecule has 0 fully saturated rings. The Morgan fingerprint density at radius 2 is 1.69 bits per heavy atom. The van der Waals surface area contributed by atoms with Crippen molar-refractivity contribution in [3.63, 3.8) is 0 Å². The standard InChI is InChI=1S/C27H25N3O5/c1-15-7-5-8-16(2)23(15)21-14-18(11-12-22(21)35-4)25-28-17(3)24(30(25)34)26(31)29-20-10-6-9-19(13-20)27(32)33/h5-14,28H,1-4H3,(H,29,31)(H,32,33). The number of ether oxygens (including phenoxy) is 1. The summed E-state index contributed by atoms with van der Waals surface area (Å²) in [4.78, 5) is 27.2. The first-order valence-corrected chi connectivity index (χ1v) is 10.9. The molecule has 0 saturated heterocycles. The Labute approximate surface area is 202 Å². The Kier molecular flexibility index (Phi) is 6.29. The zero-order valence-corrected chi connectivity index (χ0v) is 19.8. The quantitative estimate of drug-likeness (QED) is 0.274. The predicted molar refractivity (Wildman–Crippen MR) is 133 cm³/mol. The van der Waals surface area contributed by atoms with Crippen molar-refractivity contribution < 1.29 is 24.2 Å². The van der Waals surface area contributed by atoms with Crippen molar-refractivity contribution >= 4 is 17.6 Å². The third-order valence-electron chi connectivity index (χ3n) is 5.87. The number of imidazole rings is 1. The summed E-state index contributed by atoms with van der Waals surface area (Å²) in [5.74, 6) is -0.879. The van der Waals surface area contributed by atoms with Gasteiger partial charge in [-0.25, -0.2) is 14.5 Å². The summed E-state index contributed by atoms with van der Waals surface area (Å²) in [5.41, 5.74) is 5.17. The van der Waals surface area contributed by atoms with Crippen molar-refractivity contribution in [1.29, 1.82) is 0 Å². The minimum atomic E-state index is -1.11. The van der Waals surface area contributed by atoms with E-state index in [-0.39, 0.29) is 22.8 Å². The number of aromatic nitrogens is 2. The van der Waals surface area contributed by atoms with E-state index in [0.717, 1.165) is 22.3 Å². The second-order valence-electron chi connectivity index (χ2n) is 8.26. The van der Waals surface area contributed by atoms with E-state index in [9.17, 15) is 19.9 Å². The van der Waals surface area contributed by atoms with E-state index in [1.165, 1.54) is 18.2 Å². The third-order valence-corrected chi connectivity index (χ3v) is 5.87. The van der Waals surface area contributed by atoms with Gasteiger partial charge in [0.15, 0.2) is 5.69 Å². The van der Waals surface area contributed by atoms with Crippen LogP contribution in [0.5, 0.6) is 5.75 Å². The molecule has 3 N–H and O–H groups in total. The molecule has 0 aliphatic heterocycles. The largest absolute Gasteiger partial charge is 0.710 e. The third kappa shape index (κ3) is 4.46. The molecule has 8 heteroatoms. The predicted octanol–water partition coefficient (Wildman–Crippen LogP) is 4.87. The van der Waals surface area contributed by atoms with Crippen LogP contribution in [0.15, 0.2) is 60.7 Å². The minimum Gasteiger partial charge on any atom is -0.710 e. The Morgan fingerprint density at radius 3 is 2.34 bits per heavy atom. The Balaban J connectivity index is 1.74. The van der Waals surface area contributed by atoms with E-state index in [1.807, 2.05) is 38.1 Å². The van der Waals surface area contributed by atoms with Crippen LogP contribution in [0.4, 0.5) is 5.69 Å². The number of nitrogens with one attached hydrogen (secondary N) is 2. The van der Waals surface area contributed by atoms with Gasteiger partial charge in [-0.2, -0.15) is 0 Å². The number of hydrogen-bond donors (Lipinski definition) is 3. The number of amides is 1. The molecule has 0 atom stereocenters. The summed E-state index contributed by atoms with van der Waals surface area (Å²) >= 11 is 0. The first-order valence-electron chi connectivity index (χ1n) is 10.9. The molecule has 8 nitrogen and oxygen atoms in total. The summed E-state index contributed by atoms with van der Waals surface area (Å²) in [6.07, 6.45) is 0. The zero-order chi connectivity index (χ0) is 25.3. The number of nitrogens with zero attached hydrogens (tertiary/aromatic N) is 1. The number of carbonyl (C=O) groups is 2. The number of benzene rings is 3. The second-order valence-corrected chi connectivity index (χ2v) is 8.26. The van der Waals surface area contributed by atoms with Crippen molar-refractivity contribution in [3.05, 3.63) is 93.9 Å². The maximum absolute atomic E-state index is 13.2. The SMILES string of the molecule is COc1ccc(-c2[nH]c(C)c(C(=O)Nc3cccc(C(=O)O)c3)[n+]2[O-])cc1-c1c(C)cccc1C.